The minimum atomic E-state index is 0.890. The number of aromatic nitrogens is 1. The molecule has 0 aliphatic carbocycles. The van der Waals surface area contributed by atoms with Gasteiger partial charge in [0.1, 0.15) is 0 Å². The minimum absolute atomic E-state index is 0.890. The number of nitrogens with zero attached hydrogens (tertiary/aromatic N) is 1. The molecule has 0 bridgehead atoms. The summed E-state index contributed by atoms with van der Waals surface area (Å²) in [7, 11) is 0. The Bertz CT molecular complexity index is 398. The van der Waals surface area contributed by atoms with E-state index in [1.165, 1.54) is 5.56 Å². The van der Waals surface area contributed by atoms with E-state index < -0.39 is 0 Å². The second-order valence-corrected chi connectivity index (χ2v) is 3.31. The van der Waals surface area contributed by atoms with E-state index in [1.54, 1.807) is 6.20 Å². The van der Waals surface area contributed by atoms with Crippen molar-refractivity contribution in [1.82, 2.24) is 4.98 Å². The third-order valence-electron chi connectivity index (χ3n) is 1.83. The Hall–Kier alpha value is -1.28. The van der Waals surface area contributed by atoms with E-state index in [1.807, 2.05) is 30.5 Å². The highest BCUT2D eigenvalue weighted by atomic mass is 32.1. The van der Waals surface area contributed by atoms with Gasteiger partial charge in [0.25, 0.3) is 0 Å². The van der Waals surface area contributed by atoms with Crippen LogP contribution in [0.25, 0.3) is 11.1 Å². The molecule has 0 aliphatic rings. The van der Waals surface area contributed by atoms with Crippen LogP contribution in [0, 0.1) is 0 Å². The van der Waals surface area contributed by atoms with Gasteiger partial charge in [-0.05, 0) is 11.6 Å². The van der Waals surface area contributed by atoms with Gasteiger partial charge < -0.3 is 0 Å². The second-order valence-electron chi connectivity index (χ2n) is 2.80. The zero-order valence-corrected chi connectivity index (χ0v) is 7.91. The summed E-state index contributed by atoms with van der Waals surface area (Å²) < 4.78 is 0. The van der Waals surface area contributed by atoms with Crippen LogP contribution < -0.4 is 0 Å². The molecule has 1 heterocycles. The fourth-order valence-electron chi connectivity index (χ4n) is 1.22. The van der Waals surface area contributed by atoms with Gasteiger partial charge in [0, 0.05) is 22.9 Å². The molecule has 1 nitrogen and oxygen atoms in total. The summed E-state index contributed by atoms with van der Waals surface area (Å²) in [5, 5.41) is 0. The molecular formula is C11H9NS. The smallest absolute Gasteiger partial charge is 0.0401 e. The summed E-state index contributed by atoms with van der Waals surface area (Å²) in [5.41, 5.74) is 2.28. The maximum Gasteiger partial charge on any atom is 0.0401 e. The van der Waals surface area contributed by atoms with Crippen LogP contribution in [0.5, 0.6) is 0 Å². The molecule has 0 saturated carbocycles. The third-order valence-corrected chi connectivity index (χ3v) is 2.08. The van der Waals surface area contributed by atoms with E-state index in [2.05, 4.69) is 29.7 Å². The van der Waals surface area contributed by atoms with Crippen molar-refractivity contribution < 1.29 is 0 Å². The summed E-state index contributed by atoms with van der Waals surface area (Å²) in [5.74, 6) is 0. The van der Waals surface area contributed by atoms with Crippen molar-refractivity contribution in [2.45, 2.75) is 4.90 Å². The van der Waals surface area contributed by atoms with Crippen molar-refractivity contribution in [3.63, 3.8) is 0 Å². The van der Waals surface area contributed by atoms with Crippen molar-refractivity contribution in [3.8, 4) is 11.1 Å². The molecule has 0 unspecified atom stereocenters. The molecular weight excluding hydrogens is 178 g/mol. The fraction of sp³-hybridized carbons (Fsp3) is 0. The first-order valence-corrected chi connectivity index (χ1v) is 4.50. The standard InChI is InChI=1S/C11H9NS/c13-11-6-10(7-12-8-11)9-4-2-1-3-5-9/h1-8,13H. The molecule has 0 fully saturated rings. The lowest BCUT2D eigenvalue weighted by Gasteiger charge is -2.00. The molecule has 13 heavy (non-hydrogen) atoms. The Labute approximate surface area is 82.9 Å². The zero-order valence-electron chi connectivity index (χ0n) is 7.01. The SMILES string of the molecule is Sc1cncc(-c2ccccc2)c1. The van der Waals surface area contributed by atoms with Gasteiger partial charge in [-0.3, -0.25) is 4.98 Å². The van der Waals surface area contributed by atoms with Crippen LogP contribution in [0.15, 0.2) is 53.7 Å². The predicted octanol–water partition coefficient (Wildman–Crippen LogP) is 3.04. The van der Waals surface area contributed by atoms with Crippen LogP contribution >= 0.6 is 12.6 Å². The highest BCUT2D eigenvalue weighted by Gasteiger charge is 1.96. The molecule has 0 atom stereocenters. The fourth-order valence-corrected chi connectivity index (χ4v) is 1.42. The molecule has 0 aliphatic heterocycles. The van der Waals surface area contributed by atoms with Gasteiger partial charge in [0.2, 0.25) is 0 Å². The zero-order chi connectivity index (χ0) is 9.10. The first-order valence-electron chi connectivity index (χ1n) is 4.06. The maximum absolute atomic E-state index is 4.24. The second kappa shape index (κ2) is 3.62. The van der Waals surface area contributed by atoms with Crippen molar-refractivity contribution in [2.24, 2.45) is 0 Å². The van der Waals surface area contributed by atoms with E-state index in [0.29, 0.717) is 0 Å². The average molecular weight is 187 g/mol. The highest BCUT2D eigenvalue weighted by molar-refractivity contribution is 7.80. The monoisotopic (exact) mass is 187 g/mol. The Kier molecular flexibility index (Phi) is 2.32. The van der Waals surface area contributed by atoms with Gasteiger partial charge in [0.05, 0.1) is 0 Å². The highest BCUT2D eigenvalue weighted by Crippen LogP contribution is 2.19. The van der Waals surface area contributed by atoms with E-state index in [9.17, 15) is 0 Å². The molecule has 0 spiro atoms. The largest absolute Gasteiger partial charge is 0.263 e. The first kappa shape index (κ1) is 8.32. The number of thiol groups is 1. The molecule has 0 saturated heterocycles. The summed E-state index contributed by atoms with van der Waals surface area (Å²) >= 11 is 4.24. The molecule has 2 heteroatoms. The van der Waals surface area contributed by atoms with E-state index in [-0.39, 0.29) is 0 Å². The normalized spacial score (nSPS) is 9.92. The van der Waals surface area contributed by atoms with Crippen LogP contribution in [0.4, 0.5) is 0 Å². The van der Waals surface area contributed by atoms with Crippen molar-refractivity contribution in [1.29, 1.82) is 0 Å². The van der Waals surface area contributed by atoms with Gasteiger partial charge in [-0.1, -0.05) is 30.3 Å². The van der Waals surface area contributed by atoms with Crippen LogP contribution in [-0.4, -0.2) is 4.98 Å². The van der Waals surface area contributed by atoms with Crippen LogP contribution in [-0.2, 0) is 0 Å². The molecule has 2 aromatic rings. The van der Waals surface area contributed by atoms with Gasteiger partial charge in [-0.25, -0.2) is 0 Å². The number of benzene rings is 1. The van der Waals surface area contributed by atoms with Crippen molar-refractivity contribution in [2.75, 3.05) is 0 Å². The average Bonchev–Trinajstić information content (AvgIpc) is 2.19. The van der Waals surface area contributed by atoms with Crippen LogP contribution in [0.2, 0.25) is 0 Å². The van der Waals surface area contributed by atoms with Gasteiger partial charge in [0.15, 0.2) is 0 Å². The number of pyridine rings is 1. The molecule has 1 aromatic carbocycles. The van der Waals surface area contributed by atoms with Gasteiger partial charge in [-0.15, -0.1) is 12.6 Å². The van der Waals surface area contributed by atoms with Gasteiger partial charge >= 0.3 is 0 Å². The Morgan fingerprint density at radius 2 is 1.69 bits per heavy atom. The van der Waals surface area contributed by atoms with E-state index in [4.69, 9.17) is 0 Å². The summed E-state index contributed by atoms with van der Waals surface area (Å²) in [6, 6.07) is 12.2. The molecule has 64 valence electrons. The molecule has 0 radical (unpaired) electrons. The summed E-state index contributed by atoms with van der Waals surface area (Å²) in [6.07, 6.45) is 3.57. The van der Waals surface area contributed by atoms with Crippen molar-refractivity contribution in [3.05, 3.63) is 48.8 Å². The first-order chi connectivity index (χ1) is 6.36. The third kappa shape index (κ3) is 1.90. The Morgan fingerprint density at radius 3 is 2.38 bits per heavy atom. The lowest BCUT2D eigenvalue weighted by Crippen LogP contribution is -1.79. The van der Waals surface area contributed by atoms with Crippen LogP contribution in [0.3, 0.4) is 0 Å². The van der Waals surface area contributed by atoms with Crippen LogP contribution in [0.1, 0.15) is 0 Å². The quantitative estimate of drug-likeness (QED) is 0.677. The number of hydrogen-bond acceptors (Lipinski definition) is 2. The lowest BCUT2D eigenvalue weighted by molar-refractivity contribution is 1.24. The maximum atomic E-state index is 4.24. The minimum Gasteiger partial charge on any atom is -0.263 e. The molecule has 2 rings (SSSR count). The van der Waals surface area contributed by atoms with E-state index >= 15 is 0 Å². The number of rotatable bonds is 1. The van der Waals surface area contributed by atoms with E-state index in [0.717, 1.165) is 10.5 Å². The molecule has 1 aromatic heterocycles. The Morgan fingerprint density at radius 1 is 0.923 bits per heavy atom. The molecule has 0 N–H and O–H groups in total. The van der Waals surface area contributed by atoms with Gasteiger partial charge in [-0.2, -0.15) is 0 Å². The topological polar surface area (TPSA) is 12.9 Å². The summed E-state index contributed by atoms with van der Waals surface area (Å²) in [6.45, 7) is 0. The number of hydrogen-bond donors (Lipinski definition) is 1. The Balaban J connectivity index is 2.48. The van der Waals surface area contributed by atoms with Crippen molar-refractivity contribution >= 4 is 12.6 Å². The predicted molar refractivity (Wildman–Crippen MR) is 56.9 cm³/mol. The molecule has 0 amide bonds. The summed E-state index contributed by atoms with van der Waals surface area (Å²) in [4.78, 5) is 4.97. The lowest BCUT2D eigenvalue weighted by atomic mass is 10.1.